The van der Waals surface area contributed by atoms with Gasteiger partial charge in [-0.3, -0.25) is 10.1 Å². The Labute approximate surface area is 121 Å². The number of halogens is 1. The van der Waals surface area contributed by atoms with Crippen LogP contribution in [0.2, 0.25) is 0 Å². The zero-order valence-electron chi connectivity index (χ0n) is 11.1. The second-order valence-corrected chi connectivity index (χ2v) is 6.28. The molecule has 1 fully saturated rings. The van der Waals surface area contributed by atoms with Crippen LogP contribution in [0.1, 0.15) is 38.2 Å². The van der Waals surface area contributed by atoms with Crippen LogP contribution in [0.4, 0.5) is 5.69 Å². The third kappa shape index (κ3) is 4.01. The van der Waals surface area contributed by atoms with E-state index in [1.807, 2.05) is 6.07 Å². The van der Waals surface area contributed by atoms with Crippen molar-refractivity contribution < 1.29 is 4.92 Å². The van der Waals surface area contributed by atoms with Crippen LogP contribution in [0.25, 0.3) is 0 Å². The lowest BCUT2D eigenvalue weighted by Crippen LogP contribution is -2.32. The number of rotatable bonds is 4. The number of nitrogens with one attached hydrogen (secondary N) is 1. The summed E-state index contributed by atoms with van der Waals surface area (Å²) >= 11 is 3.37. The van der Waals surface area contributed by atoms with Gasteiger partial charge in [0.25, 0.3) is 5.69 Å². The van der Waals surface area contributed by atoms with E-state index in [0.717, 1.165) is 16.0 Å². The second kappa shape index (κ2) is 6.48. The zero-order chi connectivity index (χ0) is 13.8. The van der Waals surface area contributed by atoms with Crippen molar-refractivity contribution in [2.45, 2.75) is 45.2 Å². The molecule has 1 N–H and O–H groups in total. The summed E-state index contributed by atoms with van der Waals surface area (Å²) in [6.45, 7) is 2.85. The Morgan fingerprint density at radius 2 is 2.05 bits per heavy atom. The number of nitrogens with zero attached hydrogens (tertiary/aromatic N) is 1. The topological polar surface area (TPSA) is 55.2 Å². The minimum atomic E-state index is -0.313. The maximum atomic E-state index is 11.0. The summed E-state index contributed by atoms with van der Waals surface area (Å²) in [5, 5.41) is 14.4. The smallest absolute Gasteiger partial charge is 0.273 e. The molecule has 0 amide bonds. The van der Waals surface area contributed by atoms with Gasteiger partial charge in [-0.2, -0.15) is 0 Å². The quantitative estimate of drug-likeness (QED) is 0.671. The van der Waals surface area contributed by atoms with Crippen molar-refractivity contribution in [1.82, 2.24) is 5.32 Å². The second-order valence-electron chi connectivity index (χ2n) is 5.37. The molecule has 0 saturated heterocycles. The van der Waals surface area contributed by atoms with E-state index in [1.54, 1.807) is 12.1 Å². The first-order valence-electron chi connectivity index (χ1n) is 6.72. The predicted molar refractivity (Wildman–Crippen MR) is 79.1 cm³/mol. The first-order valence-corrected chi connectivity index (χ1v) is 7.51. The van der Waals surface area contributed by atoms with Gasteiger partial charge >= 0.3 is 0 Å². The zero-order valence-corrected chi connectivity index (χ0v) is 12.6. The van der Waals surface area contributed by atoms with Gasteiger partial charge in [0, 0.05) is 28.7 Å². The number of nitro benzene ring substituents is 1. The first kappa shape index (κ1) is 14.5. The summed E-state index contributed by atoms with van der Waals surface area (Å²) < 4.78 is 0.882. The standard InChI is InChI=1S/C14H19BrN2O2/c1-10-2-5-13(6-3-10)16-9-11-8-12(15)4-7-14(11)17(18)19/h4,7-8,10,13,16H,2-3,5-6,9H2,1H3. The van der Waals surface area contributed by atoms with Gasteiger partial charge < -0.3 is 5.32 Å². The van der Waals surface area contributed by atoms with Gasteiger partial charge in [0.15, 0.2) is 0 Å². The van der Waals surface area contributed by atoms with Crippen molar-refractivity contribution >= 4 is 21.6 Å². The van der Waals surface area contributed by atoms with Gasteiger partial charge in [0.1, 0.15) is 0 Å². The molecule has 0 radical (unpaired) electrons. The highest BCUT2D eigenvalue weighted by Gasteiger charge is 2.19. The highest BCUT2D eigenvalue weighted by atomic mass is 79.9. The number of hydrogen-bond donors (Lipinski definition) is 1. The molecule has 1 aliphatic rings. The Balaban J connectivity index is 1.98. The first-order chi connectivity index (χ1) is 9.06. The van der Waals surface area contributed by atoms with Gasteiger partial charge in [-0.1, -0.05) is 22.9 Å². The van der Waals surface area contributed by atoms with Crippen LogP contribution in [-0.2, 0) is 6.54 Å². The lowest BCUT2D eigenvalue weighted by atomic mass is 9.87. The van der Waals surface area contributed by atoms with E-state index in [9.17, 15) is 10.1 Å². The van der Waals surface area contributed by atoms with Crippen molar-refractivity contribution in [2.75, 3.05) is 0 Å². The van der Waals surface area contributed by atoms with E-state index in [4.69, 9.17) is 0 Å². The molecule has 0 spiro atoms. The maximum absolute atomic E-state index is 11.0. The summed E-state index contributed by atoms with van der Waals surface area (Å²) in [6, 6.07) is 5.60. The third-order valence-electron chi connectivity index (χ3n) is 3.84. The van der Waals surface area contributed by atoms with Crippen LogP contribution in [0.3, 0.4) is 0 Å². The van der Waals surface area contributed by atoms with Crippen LogP contribution in [0.5, 0.6) is 0 Å². The van der Waals surface area contributed by atoms with E-state index < -0.39 is 0 Å². The minimum absolute atomic E-state index is 0.194. The monoisotopic (exact) mass is 326 g/mol. The lowest BCUT2D eigenvalue weighted by molar-refractivity contribution is -0.385. The fourth-order valence-electron chi connectivity index (χ4n) is 2.59. The predicted octanol–water partition coefficient (Wildman–Crippen LogP) is 4.03. The fraction of sp³-hybridized carbons (Fsp3) is 0.571. The van der Waals surface area contributed by atoms with Crippen molar-refractivity contribution in [1.29, 1.82) is 0 Å². The Bertz CT molecular complexity index is 457. The van der Waals surface area contributed by atoms with Crippen LogP contribution in [-0.4, -0.2) is 11.0 Å². The average molecular weight is 327 g/mol. The fourth-order valence-corrected chi connectivity index (χ4v) is 3.00. The minimum Gasteiger partial charge on any atom is -0.310 e. The molecule has 5 heteroatoms. The molecule has 1 aliphatic carbocycles. The van der Waals surface area contributed by atoms with Gasteiger partial charge in [-0.05, 0) is 43.7 Å². The largest absolute Gasteiger partial charge is 0.310 e. The molecule has 0 heterocycles. The van der Waals surface area contributed by atoms with Gasteiger partial charge in [0.05, 0.1) is 4.92 Å². The lowest BCUT2D eigenvalue weighted by Gasteiger charge is -2.27. The van der Waals surface area contributed by atoms with E-state index in [1.165, 1.54) is 25.7 Å². The molecule has 1 saturated carbocycles. The molecule has 1 aromatic rings. The number of hydrogen-bond acceptors (Lipinski definition) is 3. The SMILES string of the molecule is CC1CCC(NCc2cc(Br)ccc2[N+](=O)[O-])CC1. The molecule has 2 rings (SSSR count). The molecule has 0 bridgehead atoms. The molecule has 0 aliphatic heterocycles. The van der Waals surface area contributed by atoms with Crippen LogP contribution in [0.15, 0.2) is 22.7 Å². The molecule has 0 aromatic heterocycles. The van der Waals surface area contributed by atoms with Crippen LogP contribution < -0.4 is 5.32 Å². The van der Waals surface area contributed by atoms with Gasteiger partial charge in [-0.15, -0.1) is 0 Å². The van der Waals surface area contributed by atoms with Crippen molar-refractivity contribution in [3.63, 3.8) is 0 Å². The molecule has 0 unspecified atom stereocenters. The van der Waals surface area contributed by atoms with Gasteiger partial charge in [-0.25, -0.2) is 0 Å². The Morgan fingerprint density at radius 1 is 1.37 bits per heavy atom. The van der Waals surface area contributed by atoms with Crippen molar-refractivity contribution in [3.05, 3.63) is 38.3 Å². The highest BCUT2D eigenvalue weighted by molar-refractivity contribution is 9.10. The number of benzene rings is 1. The summed E-state index contributed by atoms with van der Waals surface area (Å²) in [7, 11) is 0. The molecule has 0 atom stereocenters. The van der Waals surface area contributed by atoms with E-state index >= 15 is 0 Å². The normalized spacial score (nSPS) is 23.3. The molecule has 1 aromatic carbocycles. The molecule has 19 heavy (non-hydrogen) atoms. The molecular weight excluding hydrogens is 308 g/mol. The average Bonchev–Trinajstić information content (AvgIpc) is 2.38. The summed E-state index contributed by atoms with van der Waals surface area (Å²) in [5.41, 5.74) is 0.942. The van der Waals surface area contributed by atoms with E-state index in [2.05, 4.69) is 28.2 Å². The Morgan fingerprint density at radius 3 is 2.68 bits per heavy atom. The van der Waals surface area contributed by atoms with Crippen molar-refractivity contribution in [2.24, 2.45) is 5.92 Å². The van der Waals surface area contributed by atoms with Gasteiger partial charge in [0.2, 0.25) is 0 Å². The summed E-state index contributed by atoms with van der Waals surface area (Å²) in [6.07, 6.45) is 4.84. The summed E-state index contributed by atoms with van der Waals surface area (Å²) in [5.74, 6) is 0.818. The Hall–Kier alpha value is -0.940. The highest BCUT2D eigenvalue weighted by Crippen LogP contribution is 2.26. The maximum Gasteiger partial charge on any atom is 0.273 e. The number of nitro groups is 1. The van der Waals surface area contributed by atoms with Crippen LogP contribution in [0, 0.1) is 16.0 Å². The molecular formula is C14H19BrN2O2. The van der Waals surface area contributed by atoms with E-state index in [-0.39, 0.29) is 10.6 Å². The Kier molecular flexibility index (Phi) is 4.93. The third-order valence-corrected chi connectivity index (χ3v) is 4.33. The molecule has 104 valence electrons. The molecule has 4 nitrogen and oxygen atoms in total. The van der Waals surface area contributed by atoms with Crippen LogP contribution >= 0.6 is 15.9 Å². The summed E-state index contributed by atoms with van der Waals surface area (Å²) in [4.78, 5) is 10.7. The van der Waals surface area contributed by atoms with Crippen molar-refractivity contribution in [3.8, 4) is 0 Å². The van der Waals surface area contributed by atoms with E-state index in [0.29, 0.717) is 12.6 Å².